The quantitative estimate of drug-likeness (QED) is 0.253. The number of rotatable bonds is 10. The fourth-order valence-electron chi connectivity index (χ4n) is 5.70. The van der Waals surface area contributed by atoms with Gasteiger partial charge in [-0.3, -0.25) is 9.69 Å². The van der Waals surface area contributed by atoms with E-state index in [0.29, 0.717) is 25.2 Å². The smallest absolute Gasteiger partial charge is 0.252 e. The van der Waals surface area contributed by atoms with Crippen molar-refractivity contribution in [1.82, 2.24) is 30.1 Å². The van der Waals surface area contributed by atoms with E-state index >= 15 is 0 Å². The molecule has 1 N–H and O–H groups in total. The van der Waals surface area contributed by atoms with Gasteiger partial charge >= 0.3 is 0 Å². The van der Waals surface area contributed by atoms with Crippen molar-refractivity contribution in [2.45, 2.75) is 59.3 Å². The lowest BCUT2D eigenvalue weighted by Crippen LogP contribution is -2.32. The van der Waals surface area contributed by atoms with Gasteiger partial charge in [0, 0.05) is 36.1 Å². The Kier molecular flexibility index (Phi) is 7.52. The first-order valence-corrected chi connectivity index (χ1v) is 14.0. The van der Waals surface area contributed by atoms with Crippen LogP contribution in [-0.2, 0) is 26.1 Å². The molecule has 0 aliphatic carbocycles. The van der Waals surface area contributed by atoms with Crippen molar-refractivity contribution >= 4 is 10.9 Å². The first kappa shape index (κ1) is 26.7. The number of aromatic nitrogens is 5. The van der Waals surface area contributed by atoms with E-state index in [1.807, 2.05) is 60.1 Å². The van der Waals surface area contributed by atoms with Gasteiger partial charge in [0.05, 0.1) is 6.04 Å². The molecule has 0 amide bonds. The highest BCUT2D eigenvalue weighted by molar-refractivity contribution is 5.83. The van der Waals surface area contributed by atoms with Crippen LogP contribution in [0.4, 0.5) is 0 Å². The third-order valence-corrected chi connectivity index (χ3v) is 7.73. The van der Waals surface area contributed by atoms with Crippen LogP contribution in [-0.4, -0.2) is 36.9 Å². The SMILES string of the molecule is CC[C@@H](c1nnnn1CCc1ccccc1)N(Cc1ccc2c(c1)OCO2)Cc1cc2c(C)cc(C)cc2[nH]c1=O. The second-order valence-corrected chi connectivity index (χ2v) is 10.7. The molecule has 0 saturated heterocycles. The molecule has 0 saturated carbocycles. The Morgan fingerprint density at radius 2 is 1.80 bits per heavy atom. The van der Waals surface area contributed by atoms with E-state index < -0.39 is 0 Å². The average Bonchev–Trinajstić information content (AvgIpc) is 3.63. The van der Waals surface area contributed by atoms with Crippen molar-refractivity contribution in [1.29, 1.82) is 0 Å². The van der Waals surface area contributed by atoms with E-state index in [4.69, 9.17) is 9.47 Å². The van der Waals surface area contributed by atoms with Crippen LogP contribution in [0, 0.1) is 13.8 Å². The summed E-state index contributed by atoms with van der Waals surface area (Å²) >= 11 is 0. The molecule has 0 unspecified atom stereocenters. The Morgan fingerprint density at radius 1 is 0.976 bits per heavy atom. The molecule has 2 aromatic heterocycles. The summed E-state index contributed by atoms with van der Waals surface area (Å²) in [6.07, 6.45) is 1.58. The van der Waals surface area contributed by atoms with Crippen LogP contribution in [0.5, 0.6) is 11.5 Å². The number of pyridine rings is 1. The monoisotopic (exact) mass is 550 g/mol. The van der Waals surface area contributed by atoms with Crippen molar-refractivity contribution in [3.8, 4) is 11.5 Å². The van der Waals surface area contributed by atoms with Crippen LogP contribution in [0.1, 0.15) is 53.0 Å². The molecule has 6 rings (SSSR count). The molecule has 3 heterocycles. The highest BCUT2D eigenvalue weighted by atomic mass is 16.7. The zero-order chi connectivity index (χ0) is 28.3. The van der Waals surface area contributed by atoms with Crippen molar-refractivity contribution in [2.24, 2.45) is 0 Å². The lowest BCUT2D eigenvalue weighted by Gasteiger charge is -2.30. The fourth-order valence-corrected chi connectivity index (χ4v) is 5.70. The van der Waals surface area contributed by atoms with Crippen molar-refractivity contribution < 1.29 is 9.47 Å². The summed E-state index contributed by atoms with van der Waals surface area (Å²) in [5.74, 6) is 2.26. The number of nitrogens with zero attached hydrogens (tertiary/aromatic N) is 5. The Morgan fingerprint density at radius 3 is 2.63 bits per heavy atom. The number of hydrogen-bond acceptors (Lipinski definition) is 7. The third kappa shape index (κ3) is 5.71. The van der Waals surface area contributed by atoms with Gasteiger partial charge in [-0.15, -0.1) is 5.10 Å². The van der Waals surface area contributed by atoms with Crippen LogP contribution >= 0.6 is 0 Å². The first-order valence-electron chi connectivity index (χ1n) is 14.0. The van der Waals surface area contributed by atoms with E-state index in [0.717, 1.165) is 57.8 Å². The maximum absolute atomic E-state index is 13.4. The lowest BCUT2D eigenvalue weighted by molar-refractivity contribution is 0.160. The number of benzene rings is 3. The molecule has 5 aromatic rings. The Hall–Kier alpha value is -4.50. The molecule has 9 heteroatoms. The molecule has 0 spiro atoms. The highest BCUT2D eigenvalue weighted by Crippen LogP contribution is 2.34. The average molecular weight is 551 g/mol. The van der Waals surface area contributed by atoms with Crippen LogP contribution in [0.15, 0.2) is 71.5 Å². The van der Waals surface area contributed by atoms with Gasteiger partial charge in [-0.05, 0) is 83.6 Å². The number of H-pyrrole nitrogens is 1. The fraction of sp³-hybridized carbons (Fsp3) is 0.312. The number of fused-ring (bicyclic) bond motifs is 2. The molecule has 0 radical (unpaired) electrons. The summed E-state index contributed by atoms with van der Waals surface area (Å²) in [5.41, 5.74) is 6.01. The predicted octanol–water partition coefficient (Wildman–Crippen LogP) is 5.26. The van der Waals surface area contributed by atoms with Crippen molar-refractivity contribution in [3.63, 3.8) is 0 Å². The maximum atomic E-state index is 13.4. The zero-order valence-electron chi connectivity index (χ0n) is 23.6. The van der Waals surface area contributed by atoms with Gasteiger partial charge in [-0.1, -0.05) is 49.4 Å². The van der Waals surface area contributed by atoms with Crippen LogP contribution in [0.2, 0.25) is 0 Å². The molecule has 1 aliphatic rings. The Labute approximate surface area is 238 Å². The number of hydrogen-bond donors (Lipinski definition) is 1. The van der Waals surface area contributed by atoms with E-state index in [2.05, 4.69) is 57.5 Å². The second kappa shape index (κ2) is 11.5. The minimum absolute atomic E-state index is 0.0864. The Bertz CT molecular complexity index is 1730. The zero-order valence-corrected chi connectivity index (χ0v) is 23.6. The summed E-state index contributed by atoms with van der Waals surface area (Å²) in [4.78, 5) is 18.8. The minimum atomic E-state index is -0.125. The lowest BCUT2D eigenvalue weighted by atomic mass is 10.0. The van der Waals surface area contributed by atoms with E-state index in [1.54, 1.807) is 0 Å². The standard InChI is InChI=1S/C32H34N6O3/c1-4-28(31-34-35-36-38(31)13-12-23-8-6-5-7-9-23)37(18-24-10-11-29-30(16-24)41-20-40-29)19-25-17-26-22(3)14-21(2)15-27(26)33-32(25)39/h5-11,14-17,28H,4,12-13,18-20H2,1-3H3,(H,33,39)/t28-/m0/s1. The van der Waals surface area contributed by atoms with Crippen LogP contribution in [0.25, 0.3) is 10.9 Å². The van der Waals surface area contributed by atoms with Gasteiger partial charge in [0.15, 0.2) is 17.3 Å². The van der Waals surface area contributed by atoms with Crippen LogP contribution in [0.3, 0.4) is 0 Å². The molecular weight excluding hydrogens is 516 g/mol. The van der Waals surface area contributed by atoms with Crippen molar-refractivity contribution in [2.75, 3.05) is 6.79 Å². The molecule has 3 aromatic carbocycles. The minimum Gasteiger partial charge on any atom is -0.454 e. The summed E-state index contributed by atoms with van der Waals surface area (Å²) in [6.45, 7) is 8.14. The molecule has 210 valence electrons. The van der Waals surface area contributed by atoms with Gasteiger partial charge in [-0.25, -0.2) is 4.68 Å². The summed E-state index contributed by atoms with van der Waals surface area (Å²) in [5, 5.41) is 13.9. The molecule has 0 fully saturated rings. The third-order valence-electron chi connectivity index (χ3n) is 7.73. The molecule has 0 bridgehead atoms. The topological polar surface area (TPSA) is 98.2 Å². The highest BCUT2D eigenvalue weighted by Gasteiger charge is 2.27. The molecule has 41 heavy (non-hydrogen) atoms. The van der Waals surface area contributed by atoms with E-state index in [-0.39, 0.29) is 18.4 Å². The molecule has 1 atom stereocenters. The number of nitrogens with one attached hydrogen (secondary N) is 1. The van der Waals surface area contributed by atoms with Gasteiger partial charge in [0.2, 0.25) is 6.79 Å². The summed E-state index contributed by atoms with van der Waals surface area (Å²) in [7, 11) is 0. The van der Waals surface area contributed by atoms with Gasteiger partial charge < -0.3 is 14.5 Å². The van der Waals surface area contributed by atoms with Gasteiger partial charge in [-0.2, -0.15) is 0 Å². The van der Waals surface area contributed by atoms with Crippen molar-refractivity contribution in [3.05, 3.63) is 111 Å². The Balaban J connectivity index is 1.35. The molecular formula is C32H34N6O3. The largest absolute Gasteiger partial charge is 0.454 e. The summed E-state index contributed by atoms with van der Waals surface area (Å²) < 4.78 is 13.1. The summed E-state index contributed by atoms with van der Waals surface area (Å²) in [6, 6.07) is 22.4. The number of tetrazole rings is 1. The number of aryl methyl sites for hydroxylation is 4. The second-order valence-electron chi connectivity index (χ2n) is 10.7. The molecule has 1 aliphatic heterocycles. The predicted molar refractivity (Wildman–Crippen MR) is 157 cm³/mol. The van der Waals surface area contributed by atoms with Gasteiger partial charge in [0.25, 0.3) is 5.56 Å². The number of ether oxygens (including phenoxy) is 2. The van der Waals surface area contributed by atoms with E-state index in [1.165, 1.54) is 5.56 Å². The normalized spacial score (nSPS) is 13.3. The van der Waals surface area contributed by atoms with Gasteiger partial charge in [0.1, 0.15) is 0 Å². The first-order chi connectivity index (χ1) is 20.0. The molecule has 9 nitrogen and oxygen atoms in total. The van der Waals surface area contributed by atoms with E-state index in [9.17, 15) is 4.79 Å². The van der Waals surface area contributed by atoms with Crippen LogP contribution < -0.4 is 15.0 Å². The maximum Gasteiger partial charge on any atom is 0.252 e. The number of aromatic amines is 1.